The molecule has 0 amide bonds. The molecular weight excluding hydrogens is 428 g/mol. The van der Waals surface area contributed by atoms with E-state index in [1.54, 1.807) is 29.0 Å². The predicted octanol–water partition coefficient (Wildman–Crippen LogP) is 4.97. The van der Waals surface area contributed by atoms with E-state index in [0.29, 0.717) is 29.5 Å². The van der Waals surface area contributed by atoms with E-state index in [-0.39, 0.29) is 5.75 Å². The highest BCUT2D eigenvalue weighted by molar-refractivity contribution is 5.78. The van der Waals surface area contributed by atoms with Gasteiger partial charge in [0.15, 0.2) is 5.65 Å². The highest BCUT2D eigenvalue weighted by Gasteiger charge is 2.23. The SMILES string of the molecule is CC(F)(F)Oc1cccc(-c2cnn3ccc(Nc4ccc(N5CCOCC5)cc4)nc23)c1. The second-order valence-electron chi connectivity index (χ2n) is 7.85. The number of aromatic nitrogens is 3. The van der Waals surface area contributed by atoms with Crippen LogP contribution in [0.2, 0.25) is 0 Å². The molecule has 33 heavy (non-hydrogen) atoms. The number of halogens is 2. The topological polar surface area (TPSA) is 63.9 Å². The highest BCUT2D eigenvalue weighted by atomic mass is 19.3. The molecule has 2 aromatic carbocycles. The first-order chi connectivity index (χ1) is 15.9. The number of hydrogen-bond donors (Lipinski definition) is 1. The maximum atomic E-state index is 13.3. The van der Waals surface area contributed by atoms with E-state index in [1.165, 1.54) is 6.07 Å². The molecule has 9 heteroatoms. The first kappa shape index (κ1) is 21.1. The van der Waals surface area contributed by atoms with E-state index < -0.39 is 6.11 Å². The third kappa shape index (κ3) is 4.88. The zero-order valence-corrected chi connectivity index (χ0v) is 18.0. The Balaban J connectivity index is 1.38. The molecule has 0 atom stereocenters. The number of alkyl halides is 2. The molecule has 1 saturated heterocycles. The standard InChI is InChI=1S/C24H23F2N5O2/c1-24(25,26)33-20-4-2-3-17(15-20)21-16-27-31-10-9-22(29-23(21)31)28-18-5-7-19(8-6-18)30-11-13-32-14-12-30/h2-10,15-16H,11-14H2,1H3,(H,28,29). The number of benzene rings is 2. The van der Waals surface area contributed by atoms with Crippen molar-refractivity contribution in [2.75, 3.05) is 36.5 Å². The van der Waals surface area contributed by atoms with Gasteiger partial charge in [-0.15, -0.1) is 0 Å². The summed E-state index contributed by atoms with van der Waals surface area (Å²) in [5, 5.41) is 7.65. The molecule has 0 radical (unpaired) electrons. The van der Waals surface area contributed by atoms with Gasteiger partial charge in [0.1, 0.15) is 11.6 Å². The molecule has 1 fully saturated rings. The number of morpholine rings is 1. The molecule has 4 aromatic rings. The summed E-state index contributed by atoms with van der Waals surface area (Å²) in [6, 6.07) is 16.5. The van der Waals surface area contributed by atoms with E-state index >= 15 is 0 Å². The third-order valence-corrected chi connectivity index (χ3v) is 5.33. The normalized spacial score (nSPS) is 14.5. The van der Waals surface area contributed by atoms with E-state index in [9.17, 15) is 8.78 Å². The lowest BCUT2D eigenvalue weighted by atomic mass is 10.1. The zero-order chi connectivity index (χ0) is 22.8. The summed E-state index contributed by atoms with van der Waals surface area (Å²) in [4.78, 5) is 6.99. The van der Waals surface area contributed by atoms with Gasteiger partial charge in [-0.25, -0.2) is 9.50 Å². The van der Waals surface area contributed by atoms with Crippen molar-refractivity contribution in [2.45, 2.75) is 13.0 Å². The molecule has 7 nitrogen and oxygen atoms in total. The summed E-state index contributed by atoms with van der Waals surface area (Å²) in [6.07, 6.45) is 0.204. The first-order valence-electron chi connectivity index (χ1n) is 10.7. The lowest BCUT2D eigenvalue weighted by molar-refractivity contribution is -0.158. The maximum absolute atomic E-state index is 13.3. The summed E-state index contributed by atoms with van der Waals surface area (Å²) in [5.41, 5.74) is 4.07. The molecular formula is C24H23F2N5O2. The van der Waals surface area contributed by atoms with Crippen molar-refractivity contribution in [2.24, 2.45) is 0 Å². The minimum absolute atomic E-state index is 0.0778. The van der Waals surface area contributed by atoms with Crippen LogP contribution in [0.25, 0.3) is 16.8 Å². The fraction of sp³-hybridized carbons (Fsp3) is 0.250. The fourth-order valence-electron chi connectivity index (χ4n) is 3.80. The maximum Gasteiger partial charge on any atom is 0.394 e. The Morgan fingerprint density at radius 3 is 2.61 bits per heavy atom. The van der Waals surface area contributed by atoms with Crippen LogP contribution >= 0.6 is 0 Å². The Labute approximate surface area is 189 Å². The van der Waals surface area contributed by atoms with Gasteiger partial charge in [0, 0.05) is 43.1 Å². The van der Waals surface area contributed by atoms with Crippen LogP contribution in [0.1, 0.15) is 6.92 Å². The average Bonchev–Trinajstić information content (AvgIpc) is 3.23. The molecule has 2 aromatic heterocycles. The Bertz CT molecular complexity index is 1250. The molecule has 3 heterocycles. The van der Waals surface area contributed by atoms with E-state index in [2.05, 4.69) is 27.4 Å². The van der Waals surface area contributed by atoms with Gasteiger partial charge in [-0.05, 0) is 48.0 Å². The van der Waals surface area contributed by atoms with Crippen molar-refractivity contribution < 1.29 is 18.3 Å². The van der Waals surface area contributed by atoms with Crippen LogP contribution in [0, 0.1) is 0 Å². The molecule has 1 aliphatic heterocycles. The summed E-state index contributed by atoms with van der Waals surface area (Å²) in [7, 11) is 0. The molecule has 0 unspecified atom stereocenters. The van der Waals surface area contributed by atoms with Crippen molar-refractivity contribution in [1.29, 1.82) is 0 Å². The molecule has 0 spiro atoms. The third-order valence-electron chi connectivity index (χ3n) is 5.33. The Hall–Kier alpha value is -3.72. The average molecular weight is 451 g/mol. The van der Waals surface area contributed by atoms with Crippen LogP contribution in [0.15, 0.2) is 67.0 Å². The Morgan fingerprint density at radius 2 is 1.85 bits per heavy atom. The number of fused-ring (bicyclic) bond motifs is 1. The Kier molecular flexibility index (Phi) is 5.55. The molecule has 0 saturated carbocycles. The van der Waals surface area contributed by atoms with Gasteiger partial charge in [-0.3, -0.25) is 0 Å². The van der Waals surface area contributed by atoms with Gasteiger partial charge >= 0.3 is 6.11 Å². The number of hydrogen-bond acceptors (Lipinski definition) is 6. The number of nitrogens with one attached hydrogen (secondary N) is 1. The largest absolute Gasteiger partial charge is 0.433 e. The van der Waals surface area contributed by atoms with Crippen LogP contribution in [0.3, 0.4) is 0 Å². The lowest BCUT2D eigenvalue weighted by Gasteiger charge is -2.28. The van der Waals surface area contributed by atoms with Gasteiger partial charge < -0.3 is 19.7 Å². The summed E-state index contributed by atoms with van der Waals surface area (Å²) >= 11 is 0. The monoisotopic (exact) mass is 451 g/mol. The quantitative estimate of drug-likeness (QED) is 0.447. The summed E-state index contributed by atoms with van der Waals surface area (Å²) < 4.78 is 38.3. The van der Waals surface area contributed by atoms with Crippen LogP contribution in [0.5, 0.6) is 5.75 Å². The summed E-state index contributed by atoms with van der Waals surface area (Å²) in [6.45, 7) is 3.97. The van der Waals surface area contributed by atoms with Crippen molar-refractivity contribution >= 4 is 22.8 Å². The van der Waals surface area contributed by atoms with Gasteiger partial charge in [0.2, 0.25) is 0 Å². The summed E-state index contributed by atoms with van der Waals surface area (Å²) in [5.74, 6) is 0.727. The van der Waals surface area contributed by atoms with Crippen molar-refractivity contribution in [3.8, 4) is 16.9 Å². The van der Waals surface area contributed by atoms with Crippen LogP contribution in [-0.4, -0.2) is 47.0 Å². The second-order valence-corrected chi connectivity index (χ2v) is 7.85. The van der Waals surface area contributed by atoms with Gasteiger partial charge in [0.25, 0.3) is 0 Å². The van der Waals surface area contributed by atoms with Crippen molar-refractivity contribution in [3.05, 3.63) is 67.0 Å². The fourth-order valence-corrected chi connectivity index (χ4v) is 3.80. The molecule has 1 N–H and O–H groups in total. The van der Waals surface area contributed by atoms with Crippen LogP contribution in [-0.2, 0) is 4.74 Å². The molecule has 0 bridgehead atoms. The van der Waals surface area contributed by atoms with Gasteiger partial charge in [-0.2, -0.15) is 13.9 Å². The molecule has 1 aliphatic rings. The van der Waals surface area contributed by atoms with Crippen molar-refractivity contribution in [3.63, 3.8) is 0 Å². The van der Waals surface area contributed by atoms with E-state index in [0.717, 1.165) is 37.7 Å². The number of nitrogens with zero attached hydrogens (tertiary/aromatic N) is 4. The van der Waals surface area contributed by atoms with Crippen LogP contribution < -0.4 is 15.0 Å². The van der Waals surface area contributed by atoms with Gasteiger partial charge in [-0.1, -0.05) is 12.1 Å². The number of anilines is 3. The minimum Gasteiger partial charge on any atom is -0.433 e. The predicted molar refractivity (Wildman–Crippen MR) is 122 cm³/mol. The minimum atomic E-state index is -3.26. The smallest absolute Gasteiger partial charge is 0.394 e. The second kappa shape index (κ2) is 8.67. The first-order valence-corrected chi connectivity index (χ1v) is 10.7. The molecule has 0 aliphatic carbocycles. The Morgan fingerprint density at radius 1 is 1.06 bits per heavy atom. The highest BCUT2D eigenvalue weighted by Crippen LogP contribution is 2.30. The van der Waals surface area contributed by atoms with E-state index in [1.807, 2.05) is 24.3 Å². The number of rotatable bonds is 6. The van der Waals surface area contributed by atoms with Crippen LogP contribution in [0.4, 0.5) is 26.0 Å². The lowest BCUT2D eigenvalue weighted by Crippen LogP contribution is -2.36. The van der Waals surface area contributed by atoms with Gasteiger partial charge in [0.05, 0.1) is 19.4 Å². The van der Waals surface area contributed by atoms with E-state index in [4.69, 9.17) is 14.5 Å². The molecule has 170 valence electrons. The number of ether oxygens (including phenoxy) is 2. The van der Waals surface area contributed by atoms with Crippen molar-refractivity contribution in [1.82, 2.24) is 14.6 Å². The molecule has 5 rings (SSSR count). The zero-order valence-electron chi connectivity index (χ0n) is 18.0.